The molecule has 0 fully saturated rings. The zero-order chi connectivity index (χ0) is 15.0. The minimum atomic E-state index is -0.754. The van der Waals surface area contributed by atoms with Crippen LogP contribution in [-0.4, -0.2) is 6.54 Å². The summed E-state index contributed by atoms with van der Waals surface area (Å²) in [6, 6.07) is 4.39. The first-order chi connectivity index (χ1) is 9.65. The molecule has 2 atom stereocenters. The average molecular weight is 283 g/mol. The lowest BCUT2D eigenvalue weighted by atomic mass is 9.86. The Kier molecular flexibility index (Phi) is 7.75. The van der Waals surface area contributed by atoms with Crippen molar-refractivity contribution >= 4 is 0 Å². The number of rotatable bonds is 9. The Bertz CT molecular complexity index is 393. The summed E-state index contributed by atoms with van der Waals surface area (Å²) in [5.74, 6) is -1.11. The van der Waals surface area contributed by atoms with Crippen LogP contribution in [0.1, 0.15) is 64.5 Å². The van der Waals surface area contributed by atoms with Gasteiger partial charge in [0.2, 0.25) is 0 Å². The van der Waals surface area contributed by atoms with Crippen LogP contribution in [0.4, 0.5) is 8.78 Å². The Morgan fingerprint density at radius 1 is 1.10 bits per heavy atom. The molecule has 0 heterocycles. The van der Waals surface area contributed by atoms with Gasteiger partial charge in [0, 0.05) is 11.6 Å². The minimum absolute atomic E-state index is 0.0952. The smallest absolute Gasteiger partial charge is 0.163 e. The molecule has 0 radical (unpaired) electrons. The van der Waals surface area contributed by atoms with E-state index in [1.54, 1.807) is 12.1 Å². The Hall–Kier alpha value is -0.960. The van der Waals surface area contributed by atoms with E-state index in [2.05, 4.69) is 26.1 Å². The molecule has 0 amide bonds. The van der Waals surface area contributed by atoms with E-state index >= 15 is 0 Å². The molecule has 1 aromatic rings. The van der Waals surface area contributed by atoms with Crippen molar-refractivity contribution in [2.75, 3.05) is 6.54 Å². The fourth-order valence-electron chi connectivity index (χ4n) is 2.66. The van der Waals surface area contributed by atoms with Crippen molar-refractivity contribution in [2.45, 2.75) is 58.9 Å². The van der Waals surface area contributed by atoms with Gasteiger partial charge in [-0.05, 0) is 31.4 Å². The second-order valence-corrected chi connectivity index (χ2v) is 5.39. The molecule has 2 unspecified atom stereocenters. The van der Waals surface area contributed by atoms with Gasteiger partial charge in [-0.25, -0.2) is 8.78 Å². The molecule has 0 aliphatic carbocycles. The van der Waals surface area contributed by atoms with E-state index in [4.69, 9.17) is 0 Å². The molecule has 0 aliphatic heterocycles. The number of hydrogen-bond donors (Lipinski definition) is 1. The van der Waals surface area contributed by atoms with E-state index in [9.17, 15) is 8.78 Å². The van der Waals surface area contributed by atoms with Gasteiger partial charge < -0.3 is 5.32 Å². The summed E-state index contributed by atoms with van der Waals surface area (Å²) in [6.07, 6.45) is 5.25. The first kappa shape index (κ1) is 17.1. The van der Waals surface area contributed by atoms with Crippen molar-refractivity contribution in [3.63, 3.8) is 0 Å². The largest absolute Gasteiger partial charge is 0.310 e. The topological polar surface area (TPSA) is 12.0 Å². The van der Waals surface area contributed by atoms with E-state index < -0.39 is 11.6 Å². The normalized spacial score (nSPS) is 14.2. The van der Waals surface area contributed by atoms with Crippen LogP contribution in [-0.2, 0) is 0 Å². The van der Waals surface area contributed by atoms with Crippen LogP contribution < -0.4 is 5.32 Å². The molecule has 1 nitrogen and oxygen atoms in total. The highest BCUT2D eigenvalue weighted by Crippen LogP contribution is 2.31. The standard InChI is InChI=1S/C17H27F2N/c1-4-7-9-13(6-3)17(20-12-5-2)14-10-8-11-15(18)16(14)19/h8,10-11,13,17,20H,4-7,9,12H2,1-3H3. The Morgan fingerprint density at radius 3 is 2.45 bits per heavy atom. The fraction of sp³-hybridized carbons (Fsp3) is 0.647. The van der Waals surface area contributed by atoms with Gasteiger partial charge in [-0.15, -0.1) is 0 Å². The molecule has 114 valence electrons. The number of nitrogens with one attached hydrogen (secondary N) is 1. The van der Waals surface area contributed by atoms with E-state index in [1.807, 2.05) is 0 Å². The summed E-state index contributed by atoms with van der Waals surface area (Å²) in [5.41, 5.74) is 0.474. The van der Waals surface area contributed by atoms with E-state index in [-0.39, 0.29) is 6.04 Å². The average Bonchev–Trinajstić information content (AvgIpc) is 2.46. The Labute approximate surface area is 121 Å². The fourth-order valence-corrected chi connectivity index (χ4v) is 2.66. The first-order valence-electron chi connectivity index (χ1n) is 7.82. The second-order valence-electron chi connectivity index (χ2n) is 5.39. The van der Waals surface area contributed by atoms with E-state index in [1.165, 1.54) is 6.07 Å². The quantitative estimate of drug-likeness (QED) is 0.655. The number of unbranched alkanes of at least 4 members (excludes halogenated alkanes) is 1. The molecule has 20 heavy (non-hydrogen) atoms. The molecule has 1 rings (SSSR count). The maximum absolute atomic E-state index is 14.1. The highest BCUT2D eigenvalue weighted by atomic mass is 19.2. The molecule has 1 N–H and O–H groups in total. The van der Waals surface area contributed by atoms with Crippen molar-refractivity contribution in [3.05, 3.63) is 35.4 Å². The summed E-state index contributed by atoms with van der Waals surface area (Å²) < 4.78 is 27.6. The third-order valence-electron chi connectivity index (χ3n) is 3.86. The van der Waals surface area contributed by atoms with Crippen LogP contribution in [0.3, 0.4) is 0 Å². The monoisotopic (exact) mass is 283 g/mol. The minimum Gasteiger partial charge on any atom is -0.310 e. The highest BCUT2D eigenvalue weighted by Gasteiger charge is 2.24. The molecule has 1 aromatic carbocycles. The SMILES string of the molecule is CCCCC(CC)C(NCCC)c1cccc(F)c1F. The van der Waals surface area contributed by atoms with E-state index in [0.29, 0.717) is 11.5 Å². The van der Waals surface area contributed by atoms with Crippen molar-refractivity contribution in [3.8, 4) is 0 Å². The van der Waals surface area contributed by atoms with Gasteiger partial charge >= 0.3 is 0 Å². The van der Waals surface area contributed by atoms with Crippen LogP contribution in [0.15, 0.2) is 18.2 Å². The third-order valence-corrected chi connectivity index (χ3v) is 3.86. The van der Waals surface area contributed by atoms with Crippen molar-refractivity contribution in [2.24, 2.45) is 5.92 Å². The van der Waals surface area contributed by atoms with Gasteiger partial charge in [0.1, 0.15) is 0 Å². The molecule has 0 aromatic heterocycles. The van der Waals surface area contributed by atoms with Crippen molar-refractivity contribution in [1.29, 1.82) is 0 Å². The molecular formula is C17H27F2N. The number of hydrogen-bond acceptors (Lipinski definition) is 1. The van der Waals surface area contributed by atoms with Crippen LogP contribution in [0.2, 0.25) is 0 Å². The Balaban J connectivity index is 2.99. The van der Waals surface area contributed by atoms with Crippen LogP contribution in [0.25, 0.3) is 0 Å². The second kappa shape index (κ2) is 9.06. The predicted octanol–water partition coefficient (Wildman–Crippen LogP) is 5.22. The molecular weight excluding hydrogens is 256 g/mol. The third kappa shape index (κ3) is 4.55. The van der Waals surface area contributed by atoms with Gasteiger partial charge in [0.05, 0.1) is 0 Å². The van der Waals surface area contributed by atoms with Crippen LogP contribution in [0.5, 0.6) is 0 Å². The van der Waals surface area contributed by atoms with Crippen LogP contribution in [0, 0.1) is 17.6 Å². The summed E-state index contributed by atoms with van der Waals surface area (Å²) in [6.45, 7) is 7.18. The lowest BCUT2D eigenvalue weighted by Gasteiger charge is -2.28. The summed E-state index contributed by atoms with van der Waals surface area (Å²) in [7, 11) is 0. The first-order valence-corrected chi connectivity index (χ1v) is 7.82. The molecule has 3 heteroatoms. The van der Waals surface area contributed by atoms with Gasteiger partial charge in [-0.1, -0.05) is 52.2 Å². The van der Waals surface area contributed by atoms with Gasteiger partial charge in [0.15, 0.2) is 11.6 Å². The van der Waals surface area contributed by atoms with Crippen molar-refractivity contribution < 1.29 is 8.78 Å². The lowest BCUT2D eigenvalue weighted by molar-refractivity contribution is 0.313. The molecule has 0 spiro atoms. The number of halogens is 2. The lowest BCUT2D eigenvalue weighted by Crippen LogP contribution is -2.30. The Morgan fingerprint density at radius 2 is 1.85 bits per heavy atom. The summed E-state index contributed by atoms with van der Waals surface area (Å²) in [5, 5.41) is 3.41. The van der Waals surface area contributed by atoms with Gasteiger partial charge in [-0.3, -0.25) is 0 Å². The van der Waals surface area contributed by atoms with Gasteiger partial charge in [-0.2, -0.15) is 0 Å². The molecule has 0 aliphatic rings. The summed E-state index contributed by atoms with van der Waals surface area (Å²) in [4.78, 5) is 0. The summed E-state index contributed by atoms with van der Waals surface area (Å²) >= 11 is 0. The maximum Gasteiger partial charge on any atom is 0.163 e. The van der Waals surface area contributed by atoms with Crippen LogP contribution >= 0.6 is 0 Å². The maximum atomic E-state index is 14.1. The number of benzene rings is 1. The van der Waals surface area contributed by atoms with Crippen molar-refractivity contribution in [1.82, 2.24) is 5.32 Å². The predicted molar refractivity (Wildman–Crippen MR) is 80.7 cm³/mol. The van der Waals surface area contributed by atoms with E-state index in [0.717, 1.165) is 38.6 Å². The zero-order valence-electron chi connectivity index (χ0n) is 12.9. The molecule has 0 bridgehead atoms. The highest BCUT2D eigenvalue weighted by molar-refractivity contribution is 5.23. The van der Waals surface area contributed by atoms with Gasteiger partial charge in [0.25, 0.3) is 0 Å². The molecule has 0 saturated heterocycles. The zero-order valence-corrected chi connectivity index (χ0v) is 12.9. The molecule has 0 saturated carbocycles.